The van der Waals surface area contributed by atoms with E-state index >= 15 is 0 Å². The first-order chi connectivity index (χ1) is 9.32. The Labute approximate surface area is 118 Å². The maximum atomic E-state index is 14.2. The first kappa shape index (κ1) is 14.9. The van der Waals surface area contributed by atoms with Crippen molar-refractivity contribution in [3.05, 3.63) is 29.6 Å². The second-order valence-electron chi connectivity index (χ2n) is 5.80. The van der Waals surface area contributed by atoms with Crippen molar-refractivity contribution >= 4 is 11.6 Å². The van der Waals surface area contributed by atoms with Crippen LogP contribution in [-0.2, 0) is 10.2 Å². The van der Waals surface area contributed by atoms with E-state index in [9.17, 15) is 14.3 Å². The zero-order valence-corrected chi connectivity index (χ0v) is 12.3. The first-order valence-corrected chi connectivity index (χ1v) is 6.77. The third kappa shape index (κ3) is 2.11. The van der Waals surface area contributed by atoms with Crippen LogP contribution in [0.4, 0.5) is 10.1 Å². The number of para-hydroxylation sites is 1. The van der Waals surface area contributed by atoms with E-state index in [0.717, 1.165) is 0 Å². The van der Waals surface area contributed by atoms with Gasteiger partial charge in [-0.15, -0.1) is 0 Å². The van der Waals surface area contributed by atoms with E-state index in [1.54, 1.807) is 40.0 Å². The average molecular weight is 280 g/mol. The van der Waals surface area contributed by atoms with Crippen LogP contribution < -0.4 is 10.2 Å². The van der Waals surface area contributed by atoms with Gasteiger partial charge in [0.1, 0.15) is 5.82 Å². The Bertz CT molecular complexity index is 531. The number of amides is 1. The molecule has 0 saturated heterocycles. The number of carbonyl (C=O) groups excluding carboxylic acids is 1. The van der Waals surface area contributed by atoms with Crippen LogP contribution in [0.15, 0.2) is 18.2 Å². The van der Waals surface area contributed by atoms with Gasteiger partial charge in [-0.25, -0.2) is 4.39 Å². The molecule has 0 bridgehead atoms. The minimum atomic E-state index is -0.773. The van der Waals surface area contributed by atoms with Gasteiger partial charge in [-0.3, -0.25) is 4.79 Å². The van der Waals surface area contributed by atoms with E-state index in [0.29, 0.717) is 17.8 Å². The number of rotatable bonds is 4. The number of nitrogens with one attached hydrogen (secondary N) is 1. The predicted molar refractivity (Wildman–Crippen MR) is 76.3 cm³/mol. The standard InChI is InChI=1S/C15H21FN2O2/c1-9(12(19)8-17-4)18-13-10(6-5-7-11(13)16)15(2,3)14(18)20/h5-7,9,12,17,19H,8H2,1-4H3/t9-,12+/m0/s1. The second kappa shape index (κ2) is 5.14. The molecule has 5 heteroatoms. The van der Waals surface area contributed by atoms with Crippen molar-refractivity contribution in [1.82, 2.24) is 5.32 Å². The molecule has 0 aliphatic carbocycles. The number of hydrogen-bond donors (Lipinski definition) is 2. The fraction of sp³-hybridized carbons (Fsp3) is 0.533. The number of benzene rings is 1. The summed E-state index contributed by atoms with van der Waals surface area (Å²) in [5.74, 6) is -0.606. The highest BCUT2D eigenvalue weighted by Crippen LogP contribution is 2.44. The Kier molecular flexibility index (Phi) is 3.84. The van der Waals surface area contributed by atoms with Crippen LogP contribution in [0.5, 0.6) is 0 Å². The van der Waals surface area contributed by atoms with Crippen LogP contribution >= 0.6 is 0 Å². The lowest BCUT2D eigenvalue weighted by Gasteiger charge is -2.30. The van der Waals surface area contributed by atoms with E-state index < -0.39 is 23.4 Å². The zero-order chi connectivity index (χ0) is 15.1. The van der Waals surface area contributed by atoms with Gasteiger partial charge in [0.25, 0.3) is 0 Å². The molecule has 0 aromatic heterocycles. The van der Waals surface area contributed by atoms with Crippen LogP contribution in [0.3, 0.4) is 0 Å². The van der Waals surface area contributed by atoms with Crippen LogP contribution in [0.2, 0.25) is 0 Å². The molecule has 1 aliphatic heterocycles. The van der Waals surface area contributed by atoms with Crippen LogP contribution in [0.1, 0.15) is 26.3 Å². The average Bonchev–Trinajstić information content (AvgIpc) is 2.59. The van der Waals surface area contributed by atoms with E-state index in [1.807, 2.05) is 0 Å². The van der Waals surface area contributed by atoms with Crippen LogP contribution in [0.25, 0.3) is 0 Å². The van der Waals surface area contributed by atoms with Gasteiger partial charge in [0, 0.05) is 6.54 Å². The van der Waals surface area contributed by atoms with Crippen molar-refractivity contribution in [2.24, 2.45) is 0 Å². The fourth-order valence-corrected chi connectivity index (χ4v) is 2.72. The van der Waals surface area contributed by atoms with Gasteiger partial charge in [-0.1, -0.05) is 12.1 Å². The molecule has 0 fully saturated rings. The summed E-state index contributed by atoms with van der Waals surface area (Å²) in [7, 11) is 1.72. The molecule has 4 nitrogen and oxygen atoms in total. The van der Waals surface area contributed by atoms with Gasteiger partial charge in [-0.2, -0.15) is 0 Å². The summed E-state index contributed by atoms with van der Waals surface area (Å²) in [5, 5.41) is 13.0. The second-order valence-corrected chi connectivity index (χ2v) is 5.80. The van der Waals surface area contributed by atoms with Crippen LogP contribution in [-0.4, -0.2) is 36.8 Å². The number of likely N-dealkylation sites (N-methyl/N-ethyl adjacent to an activating group) is 1. The number of carbonyl (C=O) groups is 1. The largest absolute Gasteiger partial charge is 0.390 e. The number of nitrogens with zero attached hydrogens (tertiary/aromatic N) is 1. The Balaban J connectivity index is 2.49. The molecular weight excluding hydrogens is 259 g/mol. The minimum Gasteiger partial charge on any atom is -0.390 e. The molecule has 110 valence electrons. The summed E-state index contributed by atoms with van der Waals surface area (Å²) >= 11 is 0. The molecule has 1 aromatic carbocycles. The molecule has 2 rings (SSSR count). The van der Waals surface area contributed by atoms with E-state index in [2.05, 4.69) is 5.32 Å². The van der Waals surface area contributed by atoms with Crippen molar-refractivity contribution in [1.29, 1.82) is 0 Å². The van der Waals surface area contributed by atoms with Crippen molar-refractivity contribution in [3.63, 3.8) is 0 Å². The molecule has 1 aromatic rings. The summed E-state index contributed by atoms with van der Waals surface area (Å²) in [6, 6.07) is 4.24. The highest BCUT2D eigenvalue weighted by Gasteiger charge is 2.47. The topological polar surface area (TPSA) is 52.6 Å². The molecule has 2 atom stereocenters. The first-order valence-electron chi connectivity index (χ1n) is 6.77. The molecule has 1 aliphatic rings. The molecular formula is C15H21FN2O2. The van der Waals surface area contributed by atoms with E-state index in [1.165, 1.54) is 11.0 Å². The third-order valence-electron chi connectivity index (χ3n) is 4.03. The van der Waals surface area contributed by atoms with Crippen molar-refractivity contribution in [3.8, 4) is 0 Å². The van der Waals surface area contributed by atoms with E-state index in [-0.39, 0.29) is 5.91 Å². The fourth-order valence-electron chi connectivity index (χ4n) is 2.72. The smallest absolute Gasteiger partial charge is 0.237 e. The SMILES string of the molecule is CNC[C@@H](O)[C@H](C)N1C(=O)C(C)(C)c2cccc(F)c21. The normalized spacial score (nSPS) is 19.9. The number of aliphatic hydroxyl groups is 1. The number of anilines is 1. The molecule has 0 saturated carbocycles. The molecule has 0 radical (unpaired) electrons. The Morgan fingerprint density at radius 1 is 1.45 bits per heavy atom. The molecule has 20 heavy (non-hydrogen) atoms. The van der Waals surface area contributed by atoms with Gasteiger partial charge < -0.3 is 15.3 Å². The van der Waals surface area contributed by atoms with Crippen molar-refractivity contribution < 1.29 is 14.3 Å². The van der Waals surface area contributed by atoms with Crippen LogP contribution in [0, 0.1) is 5.82 Å². The Hall–Kier alpha value is -1.46. The number of fused-ring (bicyclic) bond motifs is 1. The third-order valence-corrected chi connectivity index (χ3v) is 4.03. The Morgan fingerprint density at radius 2 is 2.10 bits per heavy atom. The minimum absolute atomic E-state index is 0.180. The van der Waals surface area contributed by atoms with Gasteiger partial charge in [0.05, 0.1) is 23.2 Å². The van der Waals surface area contributed by atoms with E-state index in [4.69, 9.17) is 0 Å². The van der Waals surface area contributed by atoms with Crippen molar-refractivity contribution in [2.75, 3.05) is 18.5 Å². The maximum absolute atomic E-state index is 14.2. The lowest BCUT2D eigenvalue weighted by atomic mass is 9.86. The van der Waals surface area contributed by atoms with Crippen molar-refractivity contribution in [2.45, 2.75) is 38.3 Å². The summed E-state index contributed by atoms with van der Waals surface area (Å²) in [4.78, 5) is 14.0. The summed E-state index contributed by atoms with van der Waals surface area (Å²) in [5.41, 5.74) is 0.196. The van der Waals surface area contributed by atoms with Gasteiger partial charge >= 0.3 is 0 Å². The summed E-state index contributed by atoms with van der Waals surface area (Å²) in [6.07, 6.45) is -0.759. The molecule has 1 amide bonds. The highest BCUT2D eigenvalue weighted by atomic mass is 19.1. The van der Waals surface area contributed by atoms with Gasteiger partial charge in [0.15, 0.2) is 0 Å². The maximum Gasteiger partial charge on any atom is 0.237 e. The number of hydrogen-bond acceptors (Lipinski definition) is 3. The zero-order valence-electron chi connectivity index (χ0n) is 12.3. The quantitative estimate of drug-likeness (QED) is 0.877. The predicted octanol–water partition coefficient (Wildman–Crippen LogP) is 1.42. The molecule has 2 N–H and O–H groups in total. The summed E-state index contributed by atoms with van der Waals surface area (Å²) in [6.45, 7) is 5.64. The van der Waals surface area contributed by atoms with Gasteiger partial charge in [-0.05, 0) is 39.4 Å². The molecule has 0 unspecified atom stereocenters. The summed E-state index contributed by atoms with van der Waals surface area (Å²) < 4.78 is 14.2. The number of halogens is 1. The Morgan fingerprint density at radius 3 is 2.70 bits per heavy atom. The van der Waals surface area contributed by atoms with Gasteiger partial charge in [0.2, 0.25) is 5.91 Å². The lowest BCUT2D eigenvalue weighted by molar-refractivity contribution is -0.123. The molecule has 1 heterocycles. The lowest BCUT2D eigenvalue weighted by Crippen LogP contribution is -2.49. The molecule has 0 spiro atoms. The number of aliphatic hydroxyl groups excluding tert-OH is 1. The monoisotopic (exact) mass is 280 g/mol. The highest BCUT2D eigenvalue weighted by molar-refractivity contribution is 6.08.